The van der Waals surface area contributed by atoms with E-state index in [0.717, 1.165) is 9.13 Å². The molecule has 1 amide bonds. The molecule has 0 heterocycles. The van der Waals surface area contributed by atoms with E-state index in [9.17, 15) is 14.9 Å². The molecule has 126 valence electrons. The largest absolute Gasteiger partial charge is 0.360 e. The molecule has 2 aromatic rings. The lowest BCUT2D eigenvalue weighted by Crippen LogP contribution is -2.15. The van der Waals surface area contributed by atoms with E-state index in [4.69, 9.17) is 0 Å². The number of anilines is 2. The van der Waals surface area contributed by atoms with Crippen molar-refractivity contribution in [2.24, 2.45) is 0 Å². The topological polar surface area (TPSA) is 82.0 Å². The molecule has 0 aliphatic rings. The van der Waals surface area contributed by atoms with E-state index in [-0.39, 0.29) is 11.4 Å². The number of halogens is 1. The Labute approximate surface area is 159 Å². The summed E-state index contributed by atoms with van der Waals surface area (Å²) in [6, 6.07) is 14.3. The quantitative estimate of drug-likeness (QED) is 0.312. The van der Waals surface area contributed by atoms with Crippen molar-refractivity contribution in [3.63, 3.8) is 0 Å². The Bertz CT molecular complexity index is 881. The fourth-order valence-corrected chi connectivity index (χ4v) is 2.71. The van der Waals surface area contributed by atoms with Crippen molar-refractivity contribution in [2.75, 3.05) is 10.6 Å². The predicted octanol–water partition coefficient (Wildman–Crippen LogP) is 4.26. The maximum atomic E-state index is 12.3. The van der Waals surface area contributed by atoms with Gasteiger partial charge in [0.15, 0.2) is 5.78 Å². The average Bonchev–Trinajstić information content (AvgIpc) is 2.58. The molecule has 0 aromatic heterocycles. The SMILES string of the molecule is CC(=O)c1ccc(N/C=C(/C#N)C(=O)Nc2ccc(I)cc2C)cc1. The number of hydrogen-bond acceptors (Lipinski definition) is 4. The first-order valence-corrected chi connectivity index (χ1v) is 8.54. The van der Waals surface area contributed by atoms with Crippen LogP contribution in [-0.4, -0.2) is 11.7 Å². The van der Waals surface area contributed by atoms with Crippen molar-refractivity contribution >= 4 is 45.7 Å². The van der Waals surface area contributed by atoms with Crippen molar-refractivity contribution in [1.82, 2.24) is 0 Å². The van der Waals surface area contributed by atoms with Crippen LogP contribution in [0, 0.1) is 21.8 Å². The summed E-state index contributed by atoms with van der Waals surface area (Å²) in [4.78, 5) is 23.5. The Morgan fingerprint density at radius 3 is 2.40 bits per heavy atom. The lowest BCUT2D eigenvalue weighted by atomic mass is 10.1. The molecule has 0 atom stereocenters. The van der Waals surface area contributed by atoms with Crippen LogP contribution >= 0.6 is 22.6 Å². The van der Waals surface area contributed by atoms with Gasteiger partial charge in [0.1, 0.15) is 11.6 Å². The molecule has 0 bridgehead atoms. The predicted molar refractivity (Wildman–Crippen MR) is 106 cm³/mol. The molecule has 0 saturated heterocycles. The third kappa shape index (κ3) is 5.16. The molecule has 25 heavy (non-hydrogen) atoms. The van der Waals surface area contributed by atoms with Gasteiger partial charge in [-0.1, -0.05) is 0 Å². The molecule has 0 saturated carbocycles. The standard InChI is InChI=1S/C19H16IN3O2/c1-12-9-16(20)5-8-18(12)23-19(25)15(10-21)11-22-17-6-3-14(4-7-17)13(2)24/h3-9,11,22H,1-2H3,(H,23,25)/b15-11-. The highest BCUT2D eigenvalue weighted by atomic mass is 127. The van der Waals surface area contributed by atoms with Crippen LogP contribution in [0.1, 0.15) is 22.8 Å². The number of rotatable bonds is 5. The zero-order chi connectivity index (χ0) is 18.4. The Hall–Kier alpha value is -2.66. The summed E-state index contributed by atoms with van der Waals surface area (Å²) in [6.07, 6.45) is 1.35. The van der Waals surface area contributed by atoms with Gasteiger partial charge in [-0.05, 0) is 84.5 Å². The van der Waals surface area contributed by atoms with Gasteiger partial charge in [-0.2, -0.15) is 5.26 Å². The number of ketones is 1. The van der Waals surface area contributed by atoms with Gasteiger partial charge >= 0.3 is 0 Å². The van der Waals surface area contributed by atoms with Crippen molar-refractivity contribution < 1.29 is 9.59 Å². The molecule has 0 aliphatic carbocycles. The van der Waals surface area contributed by atoms with Gasteiger partial charge in [0.05, 0.1) is 0 Å². The van der Waals surface area contributed by atoms with E-state index in [1.807, 2.05) is 25.1 Å². The monoisotopic (exact) mass is 445 g/mol. The molecule has 2 N–H and O–H groups in total. The van der Waals surface area contributed by atoms with Gasteiger partial charge in [-0.15, -0.1) is 0 Å². The highest BCUT2D eigenvalue weighted by molar-refractivity contribution is 14.1. The Morgan fingerprint density at radius 1 is 1.16 bits per heavy atom. The van der Waals surface area contributed by atoms with E-state index in [1.165, 1.54) is 13.1 Å². The maximum Gasteiger partial charge on any atom is 0.267 e. The fourth-order valence-electron chi connectivity index (χ4n) is 2.06. The van der Waals surface area contributed by atoms with Crippen LogP contribution in [0.4, 0.5) is 11.4 Å². The number of nitriles is 1. The number of Topliss-reactive ketones (excluding diaryl/α,β-unsaturated/α-hetero) is 1. The molecule has 0 radical (unpaired) electrons. The number of amides is 1. The van der Waals surface area contributed by atoms with Crippen LogP contribution in [0.3, 0.4) is 0 Å². The van der Waals surface area contributed by atoms with E-state index in [2.05, 4.69) is 33.2 Å². The van der Waals surface area contributed by atoms with Crippen molar-refractivity contribution in [2.45, 2.75) is 13.8 Å². The molecule has 5 nitrogen and oxygen atoms in total. The summed E-state index contributed by atoms with van der Waals surface area (Å²) in [6.45, 7) is 3.38. The van der Waals surface area contributed by atoms with Crippen LogP contribution < -0.4 is 10.6 Å². The minimum absolute atomic E-state index is 0.0212. The third-order valence-electron chi connectivity index (χ3n) is 3.48. The van der Waals surface area contributed by atoms with Crippen LogP contribution in [0.2, 0.25) is 0 Å². The van der Waals surface area contributed by atoms with Crippen molar-refractivity contribution in [1.29, 1.82) is 5.26 Å². The molecule has 0 fully saturated rings. The first-order chi connectivity index (χ1) is 11.9. The lowest BCUT2D eigenvalue weighted by molar-refractivity contribution is -0.112. The number of aryl methyl sites for hydroxylation is 1. The molecule has 0 unspecified atom stereocenters. The molecule has 0 spiro atoms. The van der Waals surface area contributed by atoms with Gasteiger partial charge in [0.25, 0.3) is 5.91 Å². The number of carbonyl (C=O) groups is 2. The molecule has 2 rings (SSSR count). The molecule has 6 heteroatoms. The molecular formula is C19H16IN3O2. The number of hydrogen-bond donors (Lipinski definition) is 2. The van der Waals surface area contributed by atoms with E-state index < -0.39 is 5.91 Å². The second kappa shape index (κ2) is 8.44. The first kappa shape index (κ1) is 18.7. The van der Waals surface area contributed by atoms with E-state index in [0.29, 0.717) is 16.9 Å². The first-order valence-electron chi connectivity index (χ1n) is 7.46. The summed E-state index contributed by atoms with van der Waals surface area (Å²) in [7, 11) is 0. The Balaban J connectivity index is 2.09. The third-order valence-corrected chi connectivity index (χ3v) is 4.15. The summed E-state index contributed by atoms with van der Waals surface area (Å²) < 4.78 is 1.07. The van der Waals surface area contributed by atoms with Gasteiger partial charge in [0, 0.05) is 26.7 Å². The number of benzene rings is 2. The van der Waals surface area contributed by atoms with Crippen LogP contribution in [0.5, 0.6) is 0 Å². The van der Waals surface area contributed by atoms with Crippen LogP contribution in [0.15, 0.2) is 54.2 Å². The van der Waals surface area contributed by atoms with Gasteiger partial charge < -0.3 is 10.6 Å². The fraction of sp³-hybridized carbons (Fsp3) is 0.105. The second-order valence-corrected chi connectivity index (χ2v) is 6.61. The normalized spacial score (nSPS) is 10.7. The van der Waals surface area contributed by atoms with Crippen LogP contribution in [0.25, 0.3) is 0 Å². The number of nitrogens with one attached hydrogen (secondary N) is 2. The van der Waals surface area contributed by atoms with Gasteiger partial charge in [-0.25, -0.2) is 0 Å². The average molecular weight is 445 g/mol. The highest BCUT2D eigenvalue weighted by Gasteiger charge is 2.11. The summed E-state index contributed by atoms with van der Waals surface area (Å²) in [5.74, 6) is -0.508. The molecule has 2 aromatic carbocycles. The second-order valence-electron chi connectivity index (χ2n) is 5.36. The Morgan fingerprint density at radius 2 is 1.84 bits per heavy atom. The van der Waals surface area contributed by atoms with Crippen LogP contribution in [-0.2, 0) is 4.79 Å². The van der Waals surface area contributed by atoms with E-state index in [1.54, 1.807) is 30.3 Å². The molecular weight excluding hydrogens is 429 g/mol. The Kier molecular flexibility index (Phi) is 6.31. The smallest absolute Gasteiger partial charge is 0.267 e. The minimum Gasteiger partial charge on any atom is -0.360 e. The zero-order valence-electron chi connectivity index (χ0n) is 13.8. The van der Waals surface area contributed by atoms with E-state index >= 15 is 0 Å². The maximum absolute atomic E-state index is 12.3. The summed E-state index contributed by atoms with van der Waals surface area (Å²) in [5, 5.41) is 14.8. The molecule has 0 aliphatic heterocycles. The van der Waals surface area contributed by atoms with Gasteiger partial charge in [-0.3, -0.25) is 9.59 Å². The zero-order valence-corrected chi connectivity index (χ0v) is 15.9. The highest BCUT2D eigenvalue weighted by Crippen LogP contribution is 2.18. The lowest BCUT2D eigenvalue weighted by Gasteiger charge is -2.08. The minimum atomic E-state index is -0.486. The van der Waals surface area contributed by atoms with Crippen molar-refractivity contribution in [3.8, 4) is 6.07 Å². The van der Waals surface area contributed by atoms with Gasteiger partial charge in [0.2, 0.25) is 0 Å². The van der Waals surface area contributed by atoms with Crippen molar-refractivity contribution in [3.05, 3.63) is 68.9 Å². The summed E-state index contributed by atoms with van der Waals surface area (Å²) in [5.41, 5.74) is 2.81. The summed E-state index contributed by atoms with van der Waals surface area (Å²) >= 11 is 2.20. The number of carbonyl (C=O) groups excluding carboxylic acids is 2. The number of nitrogens with zero attached hydrogens (tertiary/aromatic N) is 1.